The molecule has 1 saturated heterocycles. The molecule has 0 radical (unpaired) electrons. The van der Waals surface area contributed by atoms with E-state index in [-0.39, 0.29) is 36.7 Å². The topological polar surface area (TPSA) is 75.7 Å². The standard InChI is InChI=1S/C18H23ClN2O4/c1-2-25-18(24)13-6-5-11-21(12-13)16(22)9-10-20-17(23)14-7-3-4-8-15(14)19/h3-4,7-8,13H,2,5-6,9-12H2,1H3,(H,20,23). The third-order valence-corrected chi connectivity index (χ3v) is 4.47. The van der Waals surface area contributed by atoms with Gasteiger partial charge in [-0.3, -0.25) is 14.4 Å². The molecule has 7 heteroatoms. The van der Waals surface area contributed by atoms with Gasteiger partial charge in [0, 0.05) is 26.1 Å². The molecule has 0 bridgehead atoms. The number of likely N-dealkylation sites (tertiary alicyclic amines) is 1. The monoisotopic (exact) mass is 366 g/mol. The first-order valence-corrected chi connectivity index (χ1v) is 8.87. The Morgan fingerprint density at radius 1 is 1.32 bits per heavy atom. The van der Waals surface area contributed by atoms with E-state index in [0.29, 0.717) is 30.3 Å². The first-order chi connectivity index (χ1) is 12.0. The number of carbonyl (C=O) groups is 3. The molecule has 1 aliphatic heterocycles. The van der Waals surface area contributed by atoms with Gasteiger partial charge in [0.15, 0.2) is 0 Å². The van der Waals surface area contributed by atoms with Crippen LogP contribution in [-0.4, -0.2) is 48.9 Å². The van der Waals surface area contributed by atoms with Crippen LogP contribution < -0.4 is 5.32 Å². The Balaban J connectivity index is 1.79. The van der Waals surface area contributed by atoms with Crippen LogP contribution in [-0.2, 0) is 14.3 Å². The summed E-state index contributed by atoms with van der Waals surface area (Å²) in [4.78, 5) is 37.9. The highest BCUT2D eigenvalue weighted by Gasteiger charge is 2.29. The summed E-state index contributed by atoms with van der Waals surface area (Å²) in [6.45, 7) is 3.36. The minimum atomic E-state index is -0.304. The molecule has 0 aliphatic carbocycles. The van der Waals surface area contributed by atoms with E-state index in [4.69, 9.17) is 16.3 Å². The molecule has 1 heterocycles. The molecule has 25 heavy (non-hydrogen) atoms. The first kappa shape index (κ1) is 19.2. The molecule has 1 fully saturated rings. The molecular formula is C18H23ClN2O4. The number of halogens is 1. The molecule has 0 aromatic heterocycles. The molecule has 1 aromatic carbocycles. The summed E-state index contributed by atoms with van der Waals surface area (Å²) in [5.74, 6) is -0.878. The van der Waals surface area contributed by atoms with E-state index in [0.717, 1.165) is 12.8 Å². The van der Waals surface area contributed by atoms with Crippen molar-refractivity contribution in [1.82, 2.24) is 10.2 Å². The number of carbonyl (C=O) groups excluding carboxylic acids is 3. The van der Waals surface area contributed by atoms with Crippen LogP contribution in [0.15, 0.2) is 24.3 Å². The van der Waals surface area contributed by atoms with Crippen LogP contribution in [0, 0.1) is 5.92 Å². The highest BCUT2D eigenvalue weighted by Crippen LogP contribution is 2.18. The number of ether oxygens (including phenoxy) is 1. The summed E-state index contributed by atoms with van der Waals surface area (Å²) in [5.41, 5.74) is 0.386. The zero-order valence-corrected chi connectivity index (χ0v) is 15.1. The predicted molar refractivity (Wildman–Crippen MR) is 94.3 cm³/mol. The van der Waals surface area contributed by atoms with E-state index in [9.17, 15) is 14.4 Å². The van der Waals surface area contributed by atoms with Gasteiger partial charge in [-0.1, -0.05) is 23.7 Å². The summed E-state index contributed by atoms with van der Waals surface area (Å²) in [6.07, 6.45) is 1.71. The second-order valence-electron chi connectivity index (χ2n) is 5.92. The van der Waals surface area contributed by atoms with Gasteiger partial charge in [-0.2, -0.15) is 0 Å². The molecular weight excluding hydrogens is 344 g/mol. The summed E-state index contributed by atoms with van der Waals surface area (Å²) in [6, 6.07) is 6.76. The van der Waals surface area contributed by atoms with Gasteiger partial charge in [-0.05, 0) is 31.9 Å². The molecule has 1 aromatic rings. The van der Waals surface area contributed by atoms with Gasteiger partial charge in [0.2, 0.25) is 5.91 Å². The summed E-state index contributed by atoms with van der Waals surface area (Å²) in [7, 11) is 0. The molecule has 0 saturated carbocycles. The van der Waals surface area contributed by atoms with Gasteiger partial charge < -0.3 is 15.0 Å². The van der Waals surface area contributed by atoms with Crippen molar-refractivity contribution in [2.24, 2.45) is 5.92 Å². The number of esters is 1. The number of amides is 2. The fraction of sp³-hybridized carbons (Fsp3) is 0.500. The molecule has 2 rings (SSSR count). The second kappa shape index (κ2) is 9.42. The Labute approximate surface area is 152 Å². The van der Waals surface area contributed by atoms with Crippen LogP contribution in [0.3, 0.4) is 0 Å². The van der Waals surface area contributed by atoms with Crippen LogP contribution >= 0.6 is 11.6 Å². The van der Waals surface area contributed by atoms with Gasteiger partial charge in [0.25, 0.3) is 5.91 Å². The predicted octanol–water partition coefficient (Wildman–Crippen LogP) is 2.26. The van der Waals surface area contributed by atoms with Crippen molar-refractivity contribution in [2.75, 3.05) is 26.2 Å². The zero-order chi connectivity index (χ0) is 18.2. The van der Waals surface area contributed by atoms with Crippen molar-refractivity contribution < 1.29 is 19.1 Å². The highest BCUT2D eigenvalue weighted by atomic mass is 35.5. The molecule has 1 unspecified atom stereocenters. The van der Waals surface area contributed by atoms with Gasteiger partial charge >= 0.3 is 5.97 Å². The smallest absolute Gasteiger partial charge is 0.310 e. The molecule has 136 valence electrons. The normalized spacial score (nSPS) is 17.0. The van der Waals surface area contributed by atoms with Crippen LogP contribution in [0.2, 0.25) is 5.02 Å². The van der Waals surface area contributed by atoms with E-state index in [1.165, 1.54) is 0 Å². The number of benzene rings is 1. The van der Waals surface area contributed by atoms with E-state index in [2.05, 4.69) is 5.32 Å². The Kier molecular flexibility index (Phi) is 7.25. The molecule has 2 amide bonds. The van der Waals surface area contributed by atoms with E-state index < -0.39 is 0 Å². The summed E-state index contributed by atoms with van der Waals surface area (Å²) in [5, 5.41) is 3.08. The Morgan fingerprint density at radius 3 is 2.80 bits per heavy atom. The van der Waals surface area contributed by atoms with Crippen molar-refractivity contribution in [1.29, 1.82) is 0 Å². The van der Waals surface area contributed by atoms with Gasteiger partial charge in [-0.15, -0.1) is 0 Å². The first-order valence-electron chi connectivity index (χ1n) is 8.50. The number of hydrogen-bond acceptors (Lipinski definition) is 4. The van der Waals surface area contributed by atoms with Crippen molar-refractivity contribution in [3.05, 3.63) is 34.9 Å². The highest BCUT2D eigenvalue weighted by molar-refractivity contribution is 6.33. The lowest BCUT2D eigenvalue weighted by Gasteiger charge is -2.31. The lowest BCUT2D eigenvalue weighted by molar-refractivity contribution is -0.151. The fourth-order valence-corrected chi connectivity index (χ4v) is 3.06. The van der Waals surface area contributed by atoms with Crippen LogP contribution in [0.4, 0.5) is 0 Å². The minimum absolute atomic E-state index is 0.0755. The lowest BCUT2D eigenvalue weighted by Crippen LogP contribution is -2.43. The molecule has 1 atom stereocenters. The van der Waals surface area contributed by atoms with Gasteiger partial charge in [-0.25, -0.2) is 0 Å². The second-order valence-corrected chi connectivity index (χ2v) is 6.32. The maximum Gasteiger partial charge on any atom is 0.310 e. The minimum Gasteiger partial charge on any atom is -0.466 e. The van der Waals surface area contributed by atoms with Crippen molar-refractivity contribution in [2.45, 2.75) is 26.2 Å². The molecule has 0 spiro atoms. The largest absolute Gasteiger partial charge is 0.466 e. The number of nitrogens with zero attached hydrogens (tertiary/aromatic N) is 1. The third-order valence-electron chi connectivity index (χ3n) is 4.14. The van der Waals surface area contributed by atoms with Crippen molar-refractivity contribution in [3.8, 4) is 0 Å². The Hall–Kier alpha value is -2.08. The average Bonchev–Trinajstić information content (AvgIpc) is 2.62. The lowest BCUT2D eigenvalue weighted by atomic mass is 9.98. The van der Waals surface area contributed by atoms with Gasteiger partial charge in [0.05, 0.1) is 23.1 Å². The number of hydrogen-bond donors (Lipinski definition) is 1. The Bertz CT molecular complexity index is 635. The maximum absolute atomic E-state index is 12.3. The average molecular weight is 367 g/mol. The SMILES string of the molecule is CCOC(=O)C1CCCN(C(=O)CCNC(=O)c2ccccc2Cl)C1. The van der Waals surface area contributed by atoms with E-state index in [1.807, 2.05) is 0 Å². The fourth-order valence-electron chi connectivity index (χ4n) is 2.84. The number of rotatable bonds is 6. The Morgan fingerprint density at radius 2 is 2.08 bits per heavy atom. The maximum atomic E-state index is 12.3. The zero-order valence-electron chi connectivity index (χ0n) is 14.3. The van der Waals surface area contributed by atoms with E-state index >= 15 is 0 Å². The van der Waals surface area contributed by atoms with E-state index in [1.54, 1.807) is 36.1 Å². The van der Waals surface area contributed by atoms with Crippen LogP contribution in [0.5, 0.6) is 0 Å². The molecule has 1 aliphatic rings. The third kappa shape index (κ3) is 5.46. The summed E-state index contributed by atoms with van der Waals surface area (Å²) < 4.78 is 5.04. The van der Waals surface area contributed by atoms with Crippen molar-refractivity contribution in [3.63, 3.8) is 0 Å². The molecule has 1 N–H and O–H groups in total. The summed E-state index contributed by atoms with van der Waals surface area (Å²) >= 11 is 5.97. The number of nitrogens with one attached hydrogen (secondary N) is 1. The molecule has 6 nitrogen and oxygen atoms in total. The number of piperidine rings is 1. The van der Waals surface area contributed by atoms with Crippen molar-refractivity contribution >= 4 is 29.4 Å². The van der Waals surface area contributed by atoms with Crippen LogP contribution in [0.25, 0.3) is 0 Å². The van der Waals surface area contributed by atoms with Gasteiger partial charge in [0.1, 0.15) is 0 Å². The quantitative estimate of drug-likeness (QED) is 0.783. The van der Waals surface area contributed by atoms with Crippen LogP contribution in [0.1, 0.15) is 36.5 Å².